The van der Waals surface area contributed by atoms with Crippen molar-refractivity contribution in [3.05, 3.63) is 29.8 Å². The van der Waals surface area contributed by atoms with E-state index in [1.165, 1.54) is 0 Å². The molecule has 1 aromatic rings. The molecule has 8 heteroatoms. The van der Waals surface area contributed by atoms with Gasteiger partial charge in [0, 0.05) is 32.7 Å². The van der Waals surface area contributed by atoms with Crippen molar-refractivity contribution in [2.24, 2.45) is 27.2 Å². The lowest BCUT2D eigenvalue weighted by Crippen LogP contribution is -2.45. The molecule has 0 bridgehead atoms. The van der Waals surface area contributed by atoms with E-state index in [1.807, 2.05) is 12.1 Å². The van der Waals surface area contributed by atoms with Crippen molar-refractivity contribution in [2.45, 2.75) is 6.10 Å². The fourth-order valence-electron chi connectivity index (χ4n) is 2.44. The Kier molecular flexibility index (Phi) is 5.91. The zero-order chi connectivity index (χ0) is 16.8. The molecule has 0 aromatic heterocycles. The summed E-state index contributed by atoms with van der Waals surface area (Å²) in [7, 11) is 2.11. The van der Waals surface area contributed by atoms with Crippen molar-refractivity contribution in [1.82, 2.24) is 9.80 Å². The number of rotatable bonds is 4. The molecule has 126 valence electrons. The summed E-state index contributed by atoms with van der Waals surface area (Å²) in [6.45, 7) is 4.65. The van der Waals surface area contributed by atoms with Crippen molar-refractivity contribution in [2.75, 3.05) is 39.8 Å². The number of hydrogen-bond acceptors (Lipinski definition) is 4. The zero-order valence-electron chi connectivity index (χ0n) is 13.4. The Morgan fingerprint density at radius 3 is 2.30 bits per heavy atom. The highest BCUT2D eigenvalue weighted by molar-refractivity contribution is 5.93. The number of β-amino-alcohol motifs (C(OH)–C–C–N with tert-alkyl or cyclic N) is 1. The zero-order valence-corrected chi connectivity index (χ0v) is 13.4. The van der Waals surface area contributed by atoms with Gasteiger partial charge in [-0.3, -0.25) is 4.90 Å². The molecule has 2 rings (SSSR count). The summed E-state index contributed by atoms with van der Waals surface area (Å²) in [5, 5.41) is 10.4. The normalized spacial score (nSPS) is 18.6. The lowest BCUT2D eigenvalue weighted by molar-refractivity contribution is 0.0805. The number of guanidine groups is 2. The van der Waals surface area contributed by atoms with Crippen LogP contribution in [0.2, 0.25) is 0 Å². The quantitative estimate of drug-likeness (QED) is 0.424. The number of hydrogen-bond donors (Lipinski definition) is 4. The van der Waals surface area contributed by atoms with Crippen molar-refractivity contribution < 1.29 is 5.11 Å². The molecule has 0 amide bonds. The second kappa shape index (κ2) is 7.91. The molecule has 1 unspecified atom stereocenters. The van der Waals surface area contributed by atoms with Gasteiger partial charge in [-0.15, -0.1) is 0 Å². The number of aliphatic hydroxyl groups excluding tert-OH is 1. The second-order valence-corrected chi connectivity index (χ2v) is 5.72. The van der Waals surface area contributed by atoms with Crippen LogP contribution in [-0.2, 0) is 0 Å². The molecule has 8 nitrogen and oxygen atoms in total. The summed E-state index contributed by atoms with van der Waals surface area (Å²) in [6, 6.07) is 7.22. The smallest absolute Gasteiger partial charge is 0.223 e. The van der Waals surface area contributed by atoms with Gasteiger partial charge in [-0.1, -0.05) is 12.1 Å². The van der Waals surface area contributed by atoms with Crippen LogP contribution in [0.4, 0.5) is 5.69 Å². The van der Waals surface area contributed by atoms with Crippen LogP contribution < -0.4 is 17.2 Å². The molecule has 0 spiro atoms. The summed E-state index contributed by atoms with van der Waals surface area (Å²) in [4.78, 5) is 12.3. The molecule has 0 radical (unpaired) electrons. The van der Waals surface area contributed by atoms with E-state index >= 15 is 0 Å². The van der Waals surface area contributed by atoms with Gasteiger partial charge in [-0.25, -0.2) is 4.99 Å². The fraction of sp³-hybridized carbons (Fsp3) is 0.467. The molecule has 1 aliphatic heterocycles. The maximum atomic E-state index is 10.4. The number of nitrogens with two attached hydrogens (primary N) is 3. The molecule has 1 aromatic carbocycles. The van der Waals surface area contributed by atoms with Gasteiger partial charge >= 0.3 is 0 Å². The summed E-state index contributed by atoms with van der Waals surface area (Å²) in [5.74, 6) is -0.138. The SMILES string of the molecule is CN1CCN(CC(O)c2ccc(N=C(N)N=C(N)N)cc2)CC1. The average Bonchev–Trinajstić information content (AvgIpc) is 2.49. The summed E-state index contributed by atoms with van der Waals surface area (Å²) < 4.78 is 0. The van der Waals surface area contributed by atoms with E-state index in [9.17, 15) is 5.11 Å². The van der Waals surface area contributed by atoms with Crippen LogP contribution in [0, 0.1) is 0 Å². The summed E-state index contributed by atoms with van der Waals surface area (Å²) in [5.41, 5.74) is 17.5. The minimum atomic E-state index is -0.522. The number of benzene rings is 1. The molecule has 0 saturated carbocycles. The number of likely N-dealkylation sites (N-methyl/N-ethyl adjacent to an activating group) is 1. The first kappa shape index (κ1) is 17.2. The third-order valence-electron chi connectivity index (χ3n) is 3.79. The van der Waals surface area contributed by atoms with E-state index in [0.717, 1.165) is 31.7 Å². The highest BCUT2D eigenvalue weighted by atomic mass is 16.3. The van der Waals surface area contributed by atoms with Crippen molar-refractivity contribution in [3.8, 4) is 0 Å². The van der Waals surface area contributed by atoms with Gasteiger partial charge in [0.2, 0.25) is 5.96 Å². The lowest BCUT2D eigenvalue weighted by atomic mass is 10.1. The number of piperazine rings is 1. The number of nitrogens with zero attached hydrogens (tertiary/aromatic N) is 4. The summed E-state index contributed by atoms with van der Waals surface area (Å²) >= 11 is 0. The Morgan fingerprint density at radius 2 is 1.74 bits per heavy atom. The standard InChI is InChI=1S/C15H25N7O/c1-21-6-8-22(9-7-21)10-13(23)11-2-4-12(5-3-11)19-15(18)20-14(16)17/h2-5,13,23H,6-10H2,1H3,(H6,16,17,18,19,20). The van der Waals surface area contributed by atoms with Crippen molar-refractivity contribution in [3.63, 3.8) is 0 Å². The van der Waals surface area contributed by atoms with Gasteiger partial charge in [0.1, 0.15) is 0 Å². The Balaban J connectivity index is 1.95. The van der Waals surface area contributed by atoms with Crippen LogP contribution >= 0.6 is 0 Å². The van der Waals surface area contributed by atoms with Crippen LogP contribution in [0.5, 0.6) is 0 Å². The first-order valence-corrected chi connectivity index (χ1v) is 7.57. The number of aliphatic imine (C=N–C) groups is 2. The van der Waals surface area contributed by atoms with Crippen molar-refractivity contribution >= 4 is 17.6 Å². The molecule has 7 N–H and O–H groups in total. The third-order valence-corrected chi connectivity index (χ3v) is 3.79. The maximum Gasteiger partial charge on any atom is 0.223 e. The van der Waals surface area contributed by atoms with Gasteiger partial charge in [-0.2, -0.15) is 4.99 Å². The Bertz CT molecular complexity index is 558. The van der Waals surface area contributed by atoms with E-state index in [0.29, 0.717) is 12.2 Å². The molecule has 23 heavy (non-hydrogen) atoms. The Hall–Kier alpha value is -2.16. The minimum absolute atomic E-state index is 0.00395. The molecule has 1 atom stereocenters. The van der Waals surface area contributed by atoms with Gasteiger partial charge in [0.05, 0.1) is 11.8 Å². The Labute approximate surface area is 136 Å². The first-order valence-electron chi connectivity index (χ1n) is 7.57. The van der Waals surface area contributed by atoms with E-state index in [4.69, 9.17) is 17.2 Å². The van der Waals surface area contributed by atoms with Gasteiger partial charge in [-0.05, 0) is 24.7 Å². The predicted molar refractivity (Wildman–Crippen MR) is 92.4 cm³/mol. The molecular weight excluding hydrogens is 294 g/mol. The van der Waals surface area contributed by atoms with Gasteiger partial charge < -0.3 is 27.2 Å². The van der Waals surface area contributed by atoms with Crippen LogP contribution in [0.15, 0.2) is 34.3 Å². The average molecular weight is 319 g/mol. The van der Waals surface area contributed by atoms with Crippen LogP contribution in [-0.4, -0.2) is 66.6 Å². The molecule has 0 aliphatic carbocycles. The summed E-state index contributed by atoms with van der Waals surface area (Å²) in [6.07, 6.45) is -0.522. The highest BCUT2D eigenvalue weighted by Gasteiger charge is 2.17. The molecule has 1 heterocycles. The third kappa shape index (κ3) is 5.51. The molecular formula is C15H25N7O. The van der Waals surface area contributed by atoms with Gasteiger partial charge in [0.25, 0.3) is 0 Å². The van der Waals surface area contributed by atoms with E-state index in [-0.39, 0.29) is 11.9 Å². The van der Waals surface area contributed by atoms with E-state index < -0.39 is 6.10 Å². The Morgan fingerprint density at radius 1 is 1.13 bits per heavy atom. The van der Waals surface area contributed by atoms with Gasteiger partial charge in [0.15, 0.2) is 5.96 Å². The molecule has 1 saturated heterocycles. The molecule has 1 aliphatic rings. The van der Waals surface area contributed by atoms with Crippen molar-refractivity contribution in [1.29, 1.82) is 0 Å². The first-order chi connectivity index (χ1) is 10.9. The second-order valence-electron chi connectivity index (χ2n) is 5.72. The van der Waals surface area contributed by atoms with Crippen LogP contribution in [0.1, 0.15) is 11.7 Å². The number of aliphatic hydroxyl groups is 1. The van der Waals surface area contributed by atoms with E-state index in [1.54, 1.807) is 12.1 Å². The predicted octanol–water partition coefficient (Wildman–Crippen LogP) is -0.813. The van der Waals surface area contributed by atoms with Crippen LogP contribution in [0.25, 0.3) is 0 Å². The maximum absolute atomic E-state index is 10.4. The van der Waals surface area contributed by atoms with E-state index in [2.05, 4.69) is 26.8 Å². The highest BCUT2D eigenvalue weighted by Crippen LogP contribution is 2.19. The van der Waals surface area contributed by atoms with Crippen LogP contribution in [0.3, 0.4) is 0 Å². The topological polar surface area (TPSA) is 129 Å². The fourth-order valence-corrected chi connectivity index (χ4v) is 2.44. The minimum Gasteiger partial charge on any atom is -0.387 e. The molecule has 1 fully saturated rings. The largest absolute Gasteiger partial charge is 0.387 e. The lowest BCUT2D eigenvalue weighted by Gasteiger charge is -2.33. The monoisotopic (exact) mass is 319 g/mol.